The van der Waals surface area contributed by atoms with Gasteiger partial charge in [0.25, 0.3) is 0 Å². The molecule has 1 N–H and O–H groups in total. The Morgan fingerprint density at radius 2 is 1.59 bits per heavy atom. The second-order valence-electron chi connectivity index (χ2n) is 11.3. The quantitative estimate of drug-likeness (QED) is 0.340. The summed E-state index contributed by atoms with van der Waals surface area (Å²) in [7, 11) is 0. The average molecular weight is 522 g/mol. The monoisotopic (exact) mass is 521 g/mol. The summed E-state index contributed by atoms with van der Waals surface area (Å²) >= 11 is 0. The third-order valence-electron chi connectivity index (χ3n) is 9.01. The van der Waals surface area contributed by atoms with Crippen molar-refractivity contribution >= 4 is 29.1 Å². The fourth-order valence-corrected chi connectivity index (χ4v) is 7.05. The highest BCUT2D eigenvalue weighted by molar-refractivity contribution is 6.25. The maximum Gasteiger partial charge on any atom is 0.238 e. The van der Waals surface area contributed by atoms with Crippen molar-refractivity contribution in [1.29, 1.82) is 0 Å². The maximum atomic E-state index is 14.0. The van der Waals surface area contributed by atoms with Gasteiger partial charge in [0, 0.05) is 22.6 Å². The number of anilines is 1. The summed E-state index contributed by atoms with van der Waals surface area (Å²) in [6, 6.07) is 11.2. The van der Waals surface area contributed by atoms with Crippen LogP contribution in [0.1, 0.15) is 54.9 Å². The third-order valence-corrected chi connectivity index (χ3v) is 9.01. The topological polar surface area (TPSA) is 91.8 Å². The van der Waals surface area contributed by atoms with Crippen molar-refractivity contribution in [3.05, 3.63) is 93.1 Å². The van der Waals surface area contributed by atoms with E-state index in [4.69, 9.17) is 0 Å². The number of phenols is 1. The Balaban J connectivity index is 1.48. The molecule has 1 heterocycles. The van der Waals surface area contributed by atoms with E-state index in [1.165, 1.54) is 11.0 Å². The molecule has 4 atom stereocenters. The number of hydrogen-bond donors (Lipinski definition) is 1. The Morgan fingerprint density at radius 1 is 0.923 bits per heavy atom. The van der Waals surface area contributed by atoms with E-state index < -0.39 is 17.8 Å². The summed E-state index contributed by atoms with van der Waals surface area (Å²) in [5, 5.41) is 10.4. The van der Waals surface area contributed by atoms with Crippen LogP contribution in [0.3, 0.4) is 0 Å². The maximum absolute atomic E-state index is 14.0. The molecule has 2 aromatic rings. The van der Waals surface area contributed by atoms with Crippen molar-refractivity contribution in [3.8, 4) is 5.75 Å². The average Bonchev–Trinajstić information content (AvgIpc) is 3.18. The number of nitrogens with zero attached hydrogens (tertiary/aromatic N) is 1. The van der Waals surface area contributed by atoms with Crippen molar-refractivity contribution < 1.29 is 24.3 Å². The smallest absolute Gasteiger partial charge is 0.238 e. The van der Waals surface area contributed by atoms with Gasteiger partial charge in [-0.1, -0.05) is 42.8 Å². The standard InChI is InChI=1S/C33H31NO5/c1-5-19-6-8-21(9-7-19)34-32(38)23-11-10-22-24(28(23)33(34)39)15-25-29(26(35)14-18(4)31(25)37)27(22)20-12-16(2)30(36)17(3)13-20/h6-10,12-14,23-24,27-28,36H,5,11,15H2,1-4H3. The highest BCUT2D eigenvalue weighted by Crippen LogP contribution is 2.55. The van der Waals surface area contributed by atoms with Crippen LogP contribution < -0.4 is 4.90 Å². The van der Waals surface area contributed by atoms with Gasteiger partial charge in [-0.05, 0) is 86.4 Å². The lowest BCUT2D eigenvalue weighted by Gasteiger charge is -2.42. The Labute approximate surface area is 227 Å². The van der Waals surface area contributed by atoms with Crippen molar-refractivity contribution in [2.45, 2.75) is 52.9 Å². The van der Waals surface area contributed by atoms with E-state index in [0.717, 1.165) is 23.1 Å². The predicted octanol–water partition coefficient (Wildman–Crippen LogP) is 5.21. The number of hydrogen-bond acceptors (Lipinski definition) is 5. The molecule has 6 nitrogen and oxygen atoms in total. The van der Waals surface area contributed by atoms with Gasteiger partial charge < -0.3 is 5.11 Å². The number of aryl methyl sites for hydroxylation is 3. The summed E-state index contributed by atoms with van der Waals surface area (Å²) in [5.41, 5.74) is 6.07. The molecule has 4 unspecified atom stereocenters. The number of imide groups is 1. The Hall–Kier alpha value is -4.06. The fraction of sp³-hybridized carbons (Fsp3) is 0.333. The molecule has 1 saturated heterocycles. The number of benzene rings is 2. The Bertz CT molecular complexity index is 1550. The first-order chi connectivity index (χ1) is 18.6. The molecule has 3 aliphatic carbocycles. The lowest BCUT2D eigenvalue weighted by molar-refractivity contribution is -0.123. The van der Waals surface area contributed by atoms with E-state index >= 15 is 0 Å². The number of aromatic hydroxyl groups is 1. The van der Waals surface area contributed by atoms with Crippen molar-refractivity contribution in [3.63, 3.8) is 0 Å². The number of amides is 2. The van der Waals surface area contributed by atoms with Crippen LogP contribution in [0.4, 0.5) is 5.69 Å². The minimum absolute atomic E-state index is 0.174. The summed E-state index contributed by atoms with van der Waals surface area (Å²) in [6.45, 7) is 7.32. The van der Waals surface area contributed by atoms with Gasteiger partial charge in [-0.3, -0.25) is 24.1 Å². The SMILES string of the molecule is CCc1ccc(N2C(=O)C3CC=C4C(c5cc(C)c(O)c(C)c5)C5=C(CC4C3C2=O)C(=O)C(C)=CC5=O)cc1. The molecule has 0 spiro atoms. The van der Waals surface area contributed by atoms with Gasteiger partial charge in [-0.25, -0.2) is 0 Å². The number of carbonyl (C=O) groups excluding carboxylic acids is 4. The molecular formula is C33H31NO5. The number of phenolic OH excluding ortho intramolecular Hbond substituents is 1. The van der Waals surface area contributed by atoms with Crippen LogP contribution in [0, 0.1) is 31.6 Å². The number of rotatable bonds is 3. The van der Waals surface area contributed by atoms with E-state index in [1.54, 1.807) is 6.92 Å². The zero-order chi connectivity index (χ0) is 27.7. The van der Waals surface area contributed by atoms with E-state index in [0.29, 0.717) is 40.0 Å². The van der Waals surface area contributed by atoms with Gasteiger partial charge >= 0.3 is 0 Å². The molecule has 4 aliphatic rings. The lowest BCUT2D eigenvalue weighted by Crippen LogP contribution is -2.39. The van der Waals surface area contributed by atoms with Gasteiger partial charge in [0.05, 0.1) is 17.5 Å². The normalized spacial score (nSPS) is 26.3. The molecular weight excluding hydrogens is 490 g/mol. The van der Waals surface area contributed by atoms with E-state index in [-0.39, 0.29) is 41.5 Å². The van der Waals surface area contributed by atoms with E-state index in [9.17, 15) is 24.3 Å². The van der Waals surface area contributed by atoms with Crippen LogP contribution in [-0.4, -0.2) is 28.5 Å². The molecule has 2 amide bonds. The molecule has 1 fully saturated rings. The minimum Gasteiger partial charge on any atom is -0.507 e. The summed E-state index contributed by atoms with van der Waals surface area (Å²) in [6.07, 6.45) is 4.95. The summed E-state index contributed by atoms with van der Waals surface area (Å²) < 4.78 is 0. The molecule has 39 heavy (non-hydrogen) atoms. The Kier molecular flexibility index (Phi) is 5.83. The number of carbonyl (C=O) groups is 4. The second kappa shape index (κ2) is 9.01. The highest BCUT2D eigenvalue weighted by atomic mass is 16.3. The van der Waals surface area contributed by atoms with Crippen LogP contribution in [0.2, 0.25) is 0 Å². The molecule has 0 bridgehead atoms. The highest BCUT2D eigenvalue weighted by Gasteiger charge is 2.56. The summed E-state index contributed by atoms with van der Waals surface area (Å²) in [5.74, 6) is -2.62. The zero-order valence-corrected chi connectivity index (χ0v) is 22.6. The predicted molar refractivity (Wildman–Crippen MR) is 147 cm³/mol. The molecule has 198 valence electrons. The number of fused-ring (bicyclic) bond motifs is 3. The molecule has 0 aromatic heterocycles. The number of ketones is 2. The largest absolute Gasteiger partial charge is 0.507 e. The van der Waals surface area contributed by atoms with Gasteiger partial charge in [0.2, 0.25) is 11.8 Å². The summed E-state index contributed by atoms with van der Waals surface area (Å²) in [4.78, 5) is 55.8. The van der Waals surface area contributed by atoms with Crippen LogP contribution in [-0.2, 0) is 25.6 Å². The first kappa shape index (κ1) is 25.2. The van der Waals surface area contributed by atoms with Crippen LogP contribution in [0.25, 0.3) is 0 Å². The lowest BCUT2D eigenvalue weighted by atomic mass is 9.59. The van der Waals surface area contributed by atoms with Crippen LogP contribution >= 0.6 is 0 Å². The first-order valence-corrected chi connectivity index (χ1v) is 13.6. The van der Waals surface area contributed by atoms with Gasteiger partial charge in [0.15, 0.2) is 11.6 Å². The van der Waals surface area contributed by atoms with E-state index in [1.807, 2.05) is 56.3 Å². The molecule has 6 rings (SSSR count). The van der Waals surface area contributed by atoms with Gasteiger partial charge in [-0.15, -0.1) is 0 Å². The molecule has 2 aromatic carbocycles. The van der Waals surface area contributed by atoms with Gasteiger partial charge in [-0.2, -0.15) is 0 Å². The van der Waals surface area contributed by atoms with Gasteiger partial charge in [0.1, 0.15) is 5.75 Å². The van der Waals surface area contributed by atoms with Crippen LogP contribution in [0.15, 0.2) is 70.8 Å². The van der Waals surface area contributed by atoms with Crippen molar-refractivity contribution in [2.75, 3.05) is 4.90 Å². The third kappa shape index (κ3) is 3.68. The molecule has 6 heteroatoms. The second-order valence-corrected chi connectivity index (χ2v) is 11.3. The zero-order valence-electron chi connectivity index (χ0n) is 22.6. The van der Waals surface area contributed by atoms with E-state index in [2.05, 4.69) is 6.92 Å². The minimum atomic E-state index is -0.603. The van der Waals surface area contributed by atoms with Crippen LogP contribution in [0.5, 0.6) is 5.75 Å². The Morgan fingerprint density at radius 3 is 2.23 bits per heavy atom. The molecule has 0 radical (unpaired) electrons. The first-order valence-electron chi connectivity index (χ1n) is 13.6. The van der Waals surface area contributed by atoms with Crippen molar-refractivity contribution in [1.82, 2.24) is 0 Å². The fourth-order valence-electron chi connectivity index (χ4n) is 7.05. The van der Waals surface area contributed by atoms with Crippen molar-refractivity contribution in [2.24, 2.45) is 17.8 Å². The number of Topliss-reactive ketones (excluding diaryl/α,β-unsaturated/α-hetero) is 1. The molecule has 0 saturated carbocycles. The molecule has 1 aliphatic heterocycles. The number of allylic oxidation sites excluding steroid dienone is 6.